The van der Waals surface area contributed by atoms with Crippen LogP contribution in [0.4, 0.5) is 0 Å². The molecule has 0 saturated carbocycles. The fraction of sp³-hybridized carbons (Fsp3) is 0.200. The van der Waals surface area contributed by atoms with E-state index >= 15 is 0 Å². The minimum atomic E-state index is -0.257. The first-order valence-corrected chi connectivity index (χ1v) is 6.62. The van der Waals surface area contributed by atoms with Crippen molar-refractivity contribution >= 4 is 0 Å². The van der Waals surface area contributed by atoms with Crippen molar-refractivity contribution in [3.8, 4) is 23.0 Å². The Morgan fingerprint density at radius 1 is 1.19 bits per heavy atom. The molecule has 1 N–H and O–H groups in total. The fourth-order valence-corrected chi connectivity index (χ4v) is 1.95. The zero-order valence-electron chi connectivity index (χ0n) is 11.7. The van der Waals surface area contributed by atoms with Crippen molar-refractivity contribution in [2.75, 3.05) is 0 Å². The number of aromatic amines is 1. The van der Waals surface area contributed by atoms with Gasteiger partial charge in [0.1, 0.15) is 5.69 Å². The molecule has 0 saturated heterocycles. The first-order chi connectivity index (χ1) is 10.1. The van der Waals surface area contributed by atoms with Crippen LogP contribution in [0, 0.1) is 0 Å². The summed E-state index contributed by atoms with van der Waals surface area (Å²) in [6, 6.07) is 9.29. The highest BCUT2D eigenvalue weighted by Crippen LogP contribution is 2.23. The van der Waals surface area contributed by atoms with E-state index in [0.717, 1.165) is 5.56 Å². The van der Waals surface area contributed by atoms with Gasteiger partial charge < -0.3 is 9.51 Å². The Morgan fingerprint density at radius 3 is 2.62 bits per heavy atom. The summed E-state index contributed by atoms with van der Waals surface area (Å²) in [5, 5.41) is 3.86. The van der Waals surface area contributed by atoms with Crippen LogP contribution in [-0.2, 0) is 0 Å². The van der Waals surface area contributed by atoms with Gasteiger partial charge in [-0.1, -0.05) is 31.1 Å². The highest BCUT2D eigenvalue weighted by molar-refractivity contribution is 5.57. The van der Waals surface area contributed by atoms with Crippen LogP contribution in [0.15, 0.2) is 46.0 Å². The van der Waals surface area contributed by atoms with Gasteiger partial charge in [-0.3, -0.25) is 4.79 Å². The van der Waals surface area contributed by atoms with E-state index in [1.165, 1.54) is 18.0 Å². The summed E-state index contributed by atoms with van der Waals surface area (Å²) in [5.41, 5.74) is 2.21. The molecule has 6 nitrogen and oxygen atoms in total. The van der Waals surface area contributed by atoms with E-state index in [0.29, 0.717) is 23.3 Å². The van der Waals surface area contributed by atoms with E-state index in [-0.39, 0.29) is 5.56 Å². The lowest BCUT2D eigenvalue weighted by Gasteiger charge is -2.04. The molecular weight excluding hydrogens is 268 g/mol. The molecule has 2 heterocycles. The Labute approximate surface area is 120 Å². The topological polar surface area (TPSA) is 84.7 Å². The summed E-state index contributed by atoms with van der Waals surface area (Å²) in [6.07, 6.45) is 1.31. The summed E-state index contributed by atoms with van der Waals surface area (Å²) in [6.45, 7) is 4.27. The van der Waals surface area contributed by atoms with E-state index in [1.54, 1.807) is 0 Å². The van der Waals surface area contributed by atoms with Gasteiger partial charge in [0.25, 0.3) is 11.4 Å². The van der Waals surface area contributed by atoms with Gasteiger partial charge >= 0.3 is 0 Å². The van der Waals surface area contributed by atoms with Crippen molar-refractivity contribution < 1.29 is 4.52 Å². The molecule has 0 spiro atoms. The van der Waals surface area contributed by atoms with Gasteiger partial charge in [-0.15, -0.1) is 0 Å². The third-order valence-electron chi connectivity index (χ3n) is 3.16. The minimum Gasteiger partial charge on any atom is -0.334 e. The minimum absolute atomic E-state index is 0.257. The van der Waals surface area contributed by atoms with Crippen LogP contribution in [0.1, 0.15) is 25.3 Å². The van der Waals surface area contributed by atoms with E-state index in [1.807, 2.05) is 24.3 Å². The van der Waals surface area contributed by atoms with Crippen LogP contribution < -0.4 is 5.56 Å². The van der Waals surface area contributed by atoms with Crippen LogP contribution in [-0.4, -0.2) is 20.1 Å². The summed E-state index contributed by atoms with van der Waals surface area (Å²) >= 11 is 0. The molecule has 106 valence electrons. The smallest absolute Gasteiger partial charge is 0.258 e. The second-order valence-electron chi connectivity index (χ2n) is 5.00. The zero-order chi connectivity index (χ0) is 14.8. The maximum absolute atomic E-state index is 11.3. The molecule has 0 amide bonds. The quantitative estimate of drug-likeness (QED) is 0.798. The molecule has 0 bridgehead atoms. The van der Waals surface area contributed by atoms with Crippen molar-refractivity contribution in [1.82, 2.24) is 20.1 Å². The molecule has 2 aromatic heterocycles. The molecule has 0 unspecified atom stereocenters. The van der Waals surface area contributed by atoms with Gasteiger partial charge in [-0.2, -0.15) is 4.98 Å². The molecule has 1 aromatic carbocycles. The monoisotopic (exact) mass is 282 g/mol. The predicted octanol–water partition coefficient (Wildman–Crippen LogP) is 2.61. The van der Waals surface area contributed by atoms with Crippen LogP contribution in [0.25, 0.3) is 23.0 Å². The van der Waals surface area contributed by atoms with Gasteiger partial charge in [0.2, 0.25) is 5.82 Å². The van der Waals surface area contributed by atoms with Crippen LogP contribution in [0.2, 0.25) is 0 Å². The average Bonchev–Trinajstić information content (AvgIpc) is 2.97. The number of aromatic nitrogens is 4. The van der Waals surface area contributed by atoms with Crippen molar-refractivity contribution in [3.05, 3.63) is 52.6 Å². The first-order valence-electron chi connectivity index (χ1n) is 6.62. The fourth-order valence-electron chi connectivity index (χ4n) is 1.95. The average molecular weight is 282 g/mol. The largest absolute Gasteiger partial charge is 0.334 e. The number of H-pyrrole nitrogens is 1. The number of hydrogen-bond acceptors (Lipinski definition) is 5. The Hall–Kier alpha value is -2.76. The Kier molecular flexibility index (Phi) is 3.35. The van der Waals surface area contributed by atoms with Crippen molar-refractivity contribution in [1.29, 1.82) is 0 Å². The number of hydrogen-bond donors (Lipinski definition) is 1. The summed E-state index contributed by atoms with van der Waals surface area (Å²) in [7, 11) is 0. The SMILES string of the molecule is CC(C)c1ccc(-c2nc(-c3cc(=O)[nH]cn3)no2)cc1. The second-order valence-corrected chi connectivity index (χ2v) is 5.00. The molecule has 0 radical (unpaired) electrons. The molecule has 0 aliphatic carbocycles. The van der Waals surface area contributed by atoms with Gasteiger partial charge in [-0.25, -0.2) is 4.98 Å². The molecule has 21 heavy (non-hydrogen) atoms. The van der Waals surface area contributed by atoms with Crippen molar-refractivity contribution in [2.45, 2.75) is 19.8 Å². The summed E-state index contributed by atoms with van der Waals surface area (Å²) in [4.78, 5) is 22.0. The van der Waals surface area contributed by atoms with E-state index in [2.05, 4.69) is 34.0 Å². The third-order valence-corrected chi connectivity index (χ3v) is 3.16. The number of nitrogens with zero attached hydrogens (tertiary/aromatic N) is 3. The van der Waals surface area contributed by atoms with Gasteiger partial charge in [-0.05, 0) is 23.6 Å². The Bertz CT molecular complexity index is 803. The molecule has 0 atom stereocenters. The van der Waals surface area contributed by atoms with Gasteiger partial charge in [0, 0.05) is 11.6 Å². The molecule has 6 heteroatoms. The number of nitrogens with one attached hydrogen (secondary N) is 1. The van der Waals surface area contributed by atoms with E-state index < -0.39 is 0 Å². The third kappa shape index (κ3) is 2.74. The molecule has 0 aliphatic rings. The molecule has 3 rings (SSSR count). The lowest BCUT2D eigenvalue weighted by molar-refractivity contribution is 0.432. The summed E-state index contributed by atoms with van der Waals surface area (Å²) < 4.78 is 5.23. The number of rotatable bonds is 3. The van der Waals surface area contributed by atoms with E-state index in [9.17, 15) is 4.79 Å². The zero-order valence-corrected chi connectivity index (χ0v) is 11.7. The normalized spacial score (nSPS) is 11.0. The lowest BCUT2D eigenvalue weighted by Crippen LogP contribution is -2.04. The maximum Gasteiger partial charge on any atom is 0.258 e. The van der Waals surface area contributed by atoms with Crippen LogP contribution in [0.5, 0.6) is 0 Å². The van der Waals surface area contributed by atoms with Crippen LogP contribution in [0.3, 0.4) is 0 Å². The molecular formula is C15H14N4O2. The highest BCUT2D eigenvalue weighted by atomic mass is 16.5. The van der Waals surface area contributed by atoms with Gasteiger partial charge in [0.15, 0.2) is 0 Å². The standard InChI is InChI=1S/C15H14N4O2/c1-9(2)10-3-5-11(6-4-10)15-18-14(19-21-15)12-7-13(20)17-8-16-12/h3-9H,1-2H3,(H,16,17,20). The second kappa shape index (κ2) is 5.32. The van der Waals surface area contributed by atoms with E-state index in [4.69, 9.17) is 4.52 Å². The lowest BCUT2D eigenvalue weighted by atomic mass is 10.0. The van der Waals surface area contributed by atoms with Crippen LogP contribution >= 0.6 is 0 Å². The van der Waals surface area contributed by atoms with Gasteiger partial charge in [0.05, 0.1) is 6.33 Å². The molecule has 0 fully saturated rings. The first kappa shape index (κ1) is 13.2. The predicted molar refractivity (Wildman–Crippen MR) is 77.7 cm³/mol. The Morgan fingerprint density at radius 2 is 1.95 bits per heavy atom. The highest BCUT2D eigenvalue weighted by Gasteiger charge is 2.12. The molecule has 3 aromatic rings. The Balaban J connectivity index is 1.93. The maximum atomic E-state index is 11.3. The molecule has 0 aliphatic heterocycles. The van der Waals surface area contributed by atoms with Crippen molar-refractivity contribution in [3.63, 3.8) is 0 Å². The van der Waals surface area contributed by atoms with Crippen molar-refractivity contribution in [2.24, 2.45) is 0 Å². The summed E-state index contributed by atoms with van der Waals surface area (Å²) in [5.74, 6) is 1.17. The number of benzene rings is 1.